The van der Waals surface area contributed by atoms with Crippen LogP contribution in [0.3, 0.4) is 0 Å². The predicted octanol–water partition coefficient (Wildman–Crippen LogP) is 8.27. The minimum Gasteiger partial charge on any atom is -0.354 e. The van der Waals surface area contributed by atoms with Crippen LogP contribution < -0.4 is 9.62 Å². The minimum absolute atomic E-state index is 0.0170. The zero-order chi connectivity index (χ0) is 35.9. The topological polar surface area (TPSA) is 86.8 Å². The predicted molar refractivity (Wildman–Crippen MR) is 186 cm³/mol. The summed E-state index contributed by atoms with van der Waals surface area (Å²) < 4.78 is 70.6. The van der Waals surface area contributed by atoms with Gasteiger partial charge in [-0.05, 0) is 53.9 Å². The van der Waals surface area contributed by atoms with E-state index < -0.39 is 56.9 Å². The van der Waals surface area contributed by atoms with Gasteiger partial charge in [0.15, 0.2) is 0 Å². The first-order valence-electron chi connectivity index (χ1n) is 15.1. The van der Waals surface area contributed by atoms with Crippen LogP contribution in [0.2, 0.25) is 15.1 Å². The summed E-state index contributed by atoms with van der Waals surface area (Å²) in [6, 6.07) is 21.9. The zero-order valence-electron chi connectivity index (χ0n) is 26.4. The van der Waals surface area contributed by atoms with Crippen LogP contribution in [0.15, 0.2) is 102 Å². The number of hydrogen-bond donors (Lipinski definition) is 1. The molecule has 0 fully saturated rings. The third-order valence-electron chi connectivity index (χ3n) is 7.50. The lowest BCUT2D eigenvalue weighted by Crippen LogP contribution is -2.53. The highest BCUT2D eigenvalue weighted by Crippen LogP contribution is 2.38. The number of rotatable bonds is 13. The second-order valence-corrected chi connectivity index (χ2v) is 14.6. The van der Waals surface area contributed by atoms with Crippen molar-refractivity contribution >= 4 is 62.3 Å². The Bertz CT molecular complexity index is 1860. The maximum Gasteiger partial charge on any atom is 0.417 e. The van der Waals surface area contributed by atoms with Crippen molar-refractivity contribution in [2.45, 2.75) is 43.9 Å². The van der Waals surface area contributed by atoms with Crippen molar-refractivity contribution in [2.24, 2.45) is 5.92 Å². The van der Waals surface area contributed by atoms with Gasteiger partial charge < -0.3 is 10.2 Å². The molecular weight excluding hydrogens is 722 g/mol. The van der Waals surface area contributed by atoms with Crippen molar-refractivity contribution in [3.05, 3.63) is 129 Å². The smallest absolute Gasteiger partial charge is 0.354 e. The molecule has 1 unspecified atom stereocenters. The summed E-state index contributed by atoms with van der Waals surface area (Å²) in [5, 5.41) is 2.58. The molecule has 0 aliphatic carbocycles. The Morgan fingerprint density at radius 3 is 1.98 bits per heavy atom. The summed E-state index contributed by atoms with van der Waals surface area (Å²) in [5.41, 5.74) is -0.774. The number of sulfonamides is 1. The molecule has 7 nitrogen and oxygen atoms in total. The van der Waals surface area contributed by atoms with Gasteiger partial charge in [-0.1, -0.05) is 103 Å². The summed E-state index contributed by atoms with van der Waals surface area (Å²) in [7, 11) is -4.65. The molecular formula is C35H33Cl3F3N3O4S. The molecule has 14 heteroatoms. The molecule has 4 rings (SSSR count). The van der Waals surface area contributed by atoms with Crippen LogP contribution in [0.25, 0.3) is 0 Å². The van der Waals surface area contributed by atoms with E-state index in [1.165, 1.54) is 24.3 Å². The summed E-state index contributed by atoms with van der Waals surface area (Å²) in [4.78, 5) is 29.3. The van der Waals surface area contributed by atoms with Gasteiger partial charge in [0.25, 0.3) is 10.0 Å². The van der Waals surface area contributed by atoms with Crippen molar-refractivity contribution in [3.63, 3.8) is 0 Å². The van der Waals surface area contributed by atoms with E-state index in [0.29, 0.717) is 15.9 Å². The number of alkyl halides is 3. The van der Waals surface area contributed by atoms with Crippen molar-refractivity contribution in [1.82, 2.24) is 10.2 Å². The number of carbonyl (C=O) groups is 2. The molecule has 0 spiro atoms. The summed E-state index contributed by atoms with van der Waals surface area (Å²) >= 11 is 18.9. The molecule has 1 N–H and O–H groups in total. The fourth-order valence-electron chi connectivity index (χ4n) is 4.96. The molecule has 0 saturated heterocycles. The first-order chi connectivity index (χ1) is 23.1. The van der Waals surface area contributed by atoms with Gasteiger partial charge in [0.2, 0.25) is 11.8 Å². The van der Waals surface area contributed by atoms with E-state index in [9.17, 15) is 31.2 Å². The number of hydrogen-bond acceptors (Lipinski definition) is 4. The second-order valence-electron chi connectivity index (χ2n) is 11.6. The van der Waals surface area contributed by atoms with Gasteiger partial charge in [0, 0.05) is 35.1 Å². The molecule has 4 aromatic rings. The Balaban J connectivity index is 1.88. The third kappa shape index (κ3) is 9.69. The van der Waals surface area contributed by atoms with E-state index in [2.05, 4.69) is 5.32 Å². The summed E-state index contributed by atoms with van der Waals surface area (Å²) in [5.74, 6) is -1.38. The Kier molecular flexibility index (Phi) is 12.6. The van der Waals surface area contributed by atoms with Crippen LogP contribution >= 0.6 is 34.8 Å². The van der Waals surface area contributed by atoms with Gasteiger partial charge in [-0.25, -0.2) is 8.42 Å². The molecule has 49 heavy (non-hydrogen) atoms. The lowest BCUT2D eigenvalue weighted by atomic mass is 10.0. The van der Waals surface area contributed by atoms with Crippen molar-refractivity contribution < 1.29 is 31.2 Å². The summed E-state index contributed by atoms with van der Waals surface area (Å²) in [6.45, 7) is 2.76. The third-order valence-corrected chi connectivity index (χ3v) is 10.3. The molecule has 0 heterocycles. The molecule has 0 aliphatic rings. The molecule has 2 amide bonds. The Morgan fingerprint density at radius 2 is 1.41 bits per heavy atom. The average Bonchev–Trinajstić information content (AvgIpc) is 3.05. The van der Waals surface area contributed by atoms with Crippen LogP contribution in [0.1, 0.15) is 30.5 Å². The molecule has 0 aliphatic heterocycles. The van der Waals surface area contributed by atoms with Crippen molar-refractivity contribution in [3.8, 4) is 0 Å². The van der Waals surface area contributed by atoms with Gasteiger partial charge in [-0.2, -0.15) is 13.2 Å². The molecule has 0 saturated carbocycles. The molecule has 4 aromatic carbocycles. The lowest BCUT2D eigenvalue weighted by Gasteiger charge is -2.34. The normalized spacial score (nSPS) is 12.4. The quantitative estimate of drug-likeness (QED) is 0.149. The number of nitrogens with zero attached hydrogens (tertiary/aromatic N) is 2. The van der Waals surface area contributed by atoms with Gasteiger partial charge >= 0.3 is 6.18 Å². The number of amides is 2. The van der Waals surface area contributed by atoms with Crippen LogP contribution in [-0.4, -0.2) is 44.3 Å². The Labute approximate surface area is 298 Å². The minimum atomic E-state index is -4.93. The zero-order valence-corrected chi connectivity index (χ0v) is 29.5. The number of benzene rings is 4. The average molecular weight is 755 g/mol. The van der Waals surface area contributed by atoms with E-state index in [1.807, 2.05) is 13.8 Å². The monoisotopic (exact) mass is 753 g/mol. The van der Waals surface area contributed by atoms with E-state index in [1.54, 1.807) is 54.6 Å². The molecule has 260 valence electrons. The second kappa shape index (κ2) is 16.3. The van der Waals surface area contributed by atoms with E-state index >= 15 is 0 Å². The molecule has 0 radical (unpaired) electrons. The first kappa shape index (κ1) is 38.0. The fourth-order valence-corrected chi connectivity index (χ4v) is 7.13. The Morgan fingerprint density at radius 1 is 0.816 bits per heavy atom. The van der Waals surface area contributed by atoms with Gasteiger partial charge in [0.05, 0.1) is 21.2 Å². The van der Waals surface area contributed by atoms with Crippen LogP contribution in [0.4, 0.5) is 18.9 Å². The fraction of sp³-hybridized carbons (Fsp3) is 0.257. The van der Waals surface area contributed by atoms with Gasteiger partial charge in [0.1, 0.15) is 12.6 Å². The standard InChI is InChI=1S/C35H33Cl3F3N3O4S/c1-23(2)20-42-34(46)32(18-24-10-5-3-6-11-24)43(21-27-29(36)14-9-15-30(27)37)33(45)22-44(49(47,48)26-12-7-4-8-13-26)25-16-17-31(38)28(19-25)35(39,40)41/h3-17,19,23,32H,18,20-22H2,1-2H3,(H,42,46). The highest BCUT2D eigenvalue weighted by Gasteiger charge is 2.38. The summed E-state index contributed by atoms with van der Waals surface area (Å²) in [6.07, 6.45) is -4.91. The van der Waals surface area contributed by atoms with E-state index in [0.717, 1.165) is 17.0 Å². The van der Waals surface area contributed by atoms with E-state index in [4.69, 9.17) is 34.8 Å². The van der Waals surface area contributed by atoms with E-state index in [-0.39, 0.29) is 45.9 Å². The van der Waals surface area contributed by atoms with Crippen LogP contribution in [0, 0.1) is 5.92 Å². The molecule has 0 aromatic heterocycles. The largest absolute Gasteiger partial charge is 0.417 e. The number of halogens is 6. The maximum absolute atomic E-state index is 14.6. The molecule has 0 bridgehead atoms. The number of carbonyl (C=O) groups excluding carboxylic acids is 2. The number of anilines is 1. The highest BCUT2D eigenvalue weighted by atomic mass is 35.5. The van der Waals surface area contributed by atoms with Crippen molar-refractivity contribution in [1.29, 1.82) is 0 Å². The highest BCUT2D eigenvalue weighted by molar-refractivity contribution is 7.92. The van der Waals surface area contributed by atoms with Crippen LogP contribution in [-0.2, 0) is 38.8 Å². The molecule has 1 atom stereocenters. The lowest BCUT2D eigenvalue weighted by molar-refractivity contribution is -0.140. The first-order valence-corrected chi connectivity index (χ1v) is 17.7. The van der Waals surface area contributed by atoms with Crippen molar-refractivity contribution in [2.75, 3.05) is 17.4 Å². The van der Waals surface area contributed by atoms with Crippen LogP contribution in [0.5, 0.6) is 0 Å². The SMILES string of the molecule is CC(C)CNC(=O)C(Cc1ccccc1)N(Cc1c(Cl)cccc1Cl)C(=O)CN(c1ccc(Cl)c(C(F)(F)F)c1)S(=O)(=O)c1ccccc1. The van der Waals surface area contributed by atoms with Gasteiger partial charge in [-0.3, -0.25) is 13.9 Å². The number of nitrogens with one attached hydrogen (secondary N) is 1. The Hall–Kier alpha value is -3.77. The maximum atomic E-state index is 14.6. The van der Waals surface area contributed by atoms with Gasteiger partial charge in [-0.15, -0.1) is 0 Å².